The number of guanidine groups is 1. The zero-order valence-corrected chi connectivity index (χ0v) is 19.0. The summed E-state index contributed by atoms with van der Waals surface area (Å²) >= 11 is 4.06. The summed E-state index contributed by atoms with van der Waals surface area (Å²) in [5, 5.41) is 16.6. The number of carbonyl (C=O) groups excluding carboxylic acids is 3. The van der Waals surface area contributed by atoms with Crippen molar-refractivity contribution < 1.29 is 24.3 Å². The molecule has 178 valence electrons. The number of carbonyl (C=O) groups is 4. The second-order valence-electron chi connectivity index (χ2n) is 7.56. The summed E-state index contributed by atoms with van der Waals surface area (Å²) in [6.45, 7) is 5.45. The number of rotatable bonds is 14. The fourth-order valence-corrected chi connectivity index (χ4v) is 2.78. The minimum absolute atomic E-state index is 0.0111. The van der Waals surface area contributed by atoms with Crippen LogP contribution < -0.4 is 33.2 Å². The van der Waals surface area contributed by atoms with Gasteiger partial charge in [-0.3, -0.25) is 19.4 Å². The van der Waals surface area contributed by atoms with Gasteiger partial charge >= 0.3 is 5.97 Å². The first-order valence-electron chi connectivity index (χ1n) is 9.94. The fraction of sp³-hybridized carbons (Fsp3) is 0.722. The lowest BCUT2D eigenvalue weighted by atomic mass is 10.0. The monoisotopic (exact) mass is 461 g/mol. The lowest BCUT2D eigenvalue weighted by Crippen LogP contribution is -2.57. The molecule has 10 N–H and O–H groups in total. The number of nitrogens with one attached hydrogen (secondary N) is 3. The maximum Gasteiger partial charge on any atom is 0.326 e. The molecule has 0 saturated carbocycles. The number of hydrogen-bond donors (Lipinski definition) is 8. The first-order chi connectivity index (χ1) is 14.4. The molecule has 0 aliphatic heterocycles. The molecular weight excluding hydrogens is 426 g/mol. The lowest BCUT2D eigenvalue weighted by Gasteiger charge is -2.23. The van der Waals surface area contributed by atoms with Gasteiger partial charge < -0.3 is 38.3 Å². The van der Waals surface area contributed by atoms with Gasteiger partial charge in [-0.05, 0) is 32.1 Å². The molecule has 0 aromatic rings. The van der Waals surface area contributed by atoms with E-state index in [1.54, 1.807) is 0 Å². The quantitative estimate of drug-likeness (QED) is 0.0619. The maximum absolute atomic E-state index is 12.4. The SMILES string of the molecule is CC(C)CC(N)C(=O)NC(CS)C(=O)NC(C)C(=O)NC(CCCN=C(N)N)C(=O)O. The summed E-state index contributed by atoms with van der Waals surface area (Å²) in [5.74, 6) is -2.96. The van der Waals surface area contributed by atoms with Crippen molar-refractivity contribution in [2.45, 2.75) is 64.2 Å². The number of amides is 3. The zero-order chi connectivity index (χ0) is 24.1. The highest BCUT2D eigenvalue weighted by Gasteiger charge is 2.27. The third-order valence-corrected chi connectivity index (χ3v) is 4.55. The van der Waals surface area contributed by atoms with Crippen LogP contribution in [-0.4, -0.2) is 71.2 Å². The Labute approximate surface area is 187 Å². The number of aliphatic imine (C=N–C) groups is 1. The predicted octanol–water partition coefficient (Wildman–Crippen LogP) is -2.10. The van der Waals surface area contributed by atoms with Crippen LogP contribution in [0.25, 0.3) is 0 Å². The number of hydrogen-bond acceptors (Lipinski definition) is 7. The van der Waals surface area contributed by atoms with E-state index in [1.807, 2.05) is 13.8 Å². The van der Waals surface area contributed by atoms with E-state index in [0.717, 1.165) is 0 Å². The number of carboxylic acid groups (broad SMARTS) is 1. The molecule has 0 spiro atoms. The van der Waals surface area contributed by atoms with Crippen molar-refractivity contribution >= 4 is 42.3 Å². The largest absolute Gasteiger partial charge is 0.480 e. The number of carboxylic acids is 1. The van der Waals surface area contributed by atoms with Crippen LogP contribution >= 0.6 is 12.6 Å². The lowest BCUT2D eigenvalue weighted by molar-refractivity contribution is -0.142. The van der Waals surface area contributed by atoms with Gasteiger partial charge in [-0.1, -0.05) is 13.8 Å². The molecule has 0 heterocycles. The smallest absolute Gasteiger partial charge is 0.326 e. The van der Waals surface area contributed by atoms with Crippen LogP contribution in [0.15, 0.2) is 4.99 Å². The summed E-state index contributed by atoms with van der Waals surface area (Å²) in [6, 6.07) is -3.99. The Bertz CT molecular complexity index is 655. The van der Waals surface area contributed by atoms with Crippen molar-refractivity contribution in [2.75, 3.05) is 12.3 Å². The molecule has 0 bridgehead atoms. The summed E-state index contributed by atoms with van der Waals surface area (Å²) in [7, 11) is 0. The Kier molecular flexibility index (Phi) is 13.3. The van der Waals surface area contributed by atoms with E-state index in [-0.39, 0.29) is 30.6 Å². The molecule has 4 unspecified atom stereocenters. The zero-order valence-electron chi connectivity index (χ0n) is 18.1. The summed E-state index contributed by atoms with van der Waals surface area (Å²) in [6.07, 6.45) is 0.882. The molecule has 31 heavy (non-hydrogen) atoms. The van der Waals surface area contributed by atoms with Crippen molar-refractivity contribution in [1.29, 1.82) is 0 Å². The third kappa shape index (κ3) is 12.0. The molecule has 3 amide bonds. The van der Waals surface area contributed by atoms with Gasteiger partial charge in [0.1, 0.15) is 18.1 Å². The second kappa shape index (κ2) is 14.5. The van der Waals surface area contributed by atoms with E-state index in [1.165, 1.54) is 6.92 Å². The highest BCUT2D eigenvalue weighted by Crippen LogP contribution is 2.04. The number of aliphatic carboxylic acids is 1. The Balaban J connectivity index is 4.78. The molecule has 0 rings (SSSR count). The Morgan fingerprint density at radius 3 is 2.03 bits per heavy atom. The standard InChI is InChI=1S/C18H35N7O5S/c1-9(2)7-11(19)15(27)25-13(8-31)16(28)23-10(3)14(26)24-12(17(29)30)5-4-6-22-18(20)21/h9-13,31H,4-8,19H2,1-3H3,(H,23,28)(H,24,26)(H,25,27)(H,29,30)(H4,20,21,22). The van der Waals surface area contributed by atoms with Crippen LogP contribution in [0.5, 0.6) is 0 Å². The topological polar surface area (TPSA) is 215 Å². The molecule has 0 fully saturated rings. The van der Waals surface area contributed by atoms with Crippen LogP contribution in [0.3, 0.4) is 0 Å². The molecule has 12 nitrogen and oxygen atoms in total. The molecule has 0 saturated heterocycles. The van der Waals surface area contributed by atoms with Gasteiger partial charge in [0, 0.05) is 12.3 Å². The van der Waals surface area contributed by atoms with Gasteiger partial charge in [-0.15, -0.1) is 0 Å². The van der Waals surface area contributed by atoms with E-state index in [4.69, 9.17) is 17.2 Å². The third-order valence-electron chi connectivity index (χ3n) is 4.19. The van der Waals surface area contributed by atoms with Crippen LogP contribution in [0.1, 0.15) is 40.0 Å². The fourth-order valence-electron chi connectivity index (χ4n) is 2.52. The maximum atomic E-state index is 12.4. The van der Waals surface area contributed by atoms with Crippen molar-refractivity contribution in [3.05, 3.63) is 0 Å². The normalized spacial score (nSPS) is 14.6. The van der Waals surface area contributed by atoms with Gasteiger partial charge in [0.2, 0.25) is 17.7 Å². The van der Waals surface area contributed by atoms with Crippen molar-refractivity contribution in [1.82, 2.24) is 16.0 Å². The Morgan fingerprint density at radius 1 is 0.968 bits per heavy atom. The second-order valence-corrected chi connectivity index (χ2v) is 7.92. The van der Waals surface area contributed by atoms with Gasteiger partial charge in [0.15, 0.2) is 5.96 Å². The number of nitrogens with zero attached hydrogens (tertiary/aromatic N) is 1. The molecule has 0 radical (unpaired) electrons. The molecule has 0 aromatic heterocycles. The van der Waals surface area contributed by atoms with Crippen molar-refractivity contribution in [3.63, 3.8) is 0 Å². The molecule has 0 aromatic carbocycles. The van der Waals surface area contributed by atoms with E-state index >= 15 is 0 Å². The average Bonchev–Trinajstić information content (AvgIpc) is 2.66. The van der Waals surface area contributed by atoms with E-state index in [0.29, 0.717) is 12.8 Å². The number of thiol groups is 1. The first kappa shape index (κ1) is 28.5. The van der Waals surface area contributed by atoms with Crippen LogP contribution in [-0.2, 0) is 19.2 Å². The van der Waals surface area contributed by atoms with Gasteiger partial charge in [-0.25, -0.2) is 4.79 Å². The van der Waals surface area contributed by atoms with E-state index in [2.05, 4.69) is 33.6 Å². The van der Waals surface area contributed by atoms with E-state index < -0.39 is 47.9 Å². The van der Waals surface area contributed by atoms with Crippen molar-refractivity contribution in [2.24, 2.45) is 28.1 Å². The van der Waals surface area contributed by atoms with E-state index in [9.17, 15) is 24.3 Å². The van der Waals surface area contributed by atoms with Crippen LogP contribution in [0, 0.1) is 5.92 Å². The van der Waals surface area contributed by atoms with Crippen molar-refractivity contribution in [3.8, 4) is 0 Å². The molecule has 0 aliphatic carbocycles. The molecule has 0 aliphatic rings. The van der Waals surface area contributed by atoms with Gasteiger partial charge in [0.25, 0.3) is 0 Å². The molecular formula is C18H35N7O5S. The molecule has 4 atom stereocenters. The number of nitrogens with two attached hydrogens (primary N) is 3. The minimum atomic E-state index is -1.23. The highest BCUT2D eigenvalue weighted by atomic mass is 32.1. The first-order valence-corrected chi connectivity index (χ1v) is 10.6. The average molecular weight is 462 g/mol. The van der Waals surface area contributed by atoms with Gasteiger partial charge in [-0.2, -0.15) is 12.6 Å². The summed E-state index contributed by atoms with van der Waals surface area (Å²) in [5.41, 5.74) is 16.2. The summed E-state index contributed by atoms with van der Waals surface area (Å²) in [4.78, 5) is 52.0. The highest BCUT2D eigenvalue weighted by molar-refractivity contribution is 7.80. The Morgan fingerprint density at radius 2 is 1.55 bits per heavy atom. The molecule has 13 heteroatoms. The summed E-state index contributed by atoms with van der Waals surface area (Å²) < 4.78 is 0. The minimum Gasteiger partial charge on any atom is -0.480 e. The van der Waals surface area contributed by atoms with Crippen LogP contribution in [0.4, 0.5) is 0 Å². The van der Waals surface area contributed by atoms with Gasteiger partial charge in [0.05, 0.1) is 6.04 Å². The Hall–Kier alpha value is -2.54. The van der Waals surface area contributed by atoms with Crippen LogP contribution in [0.2, 0.25) is 0 Å². The predicted molar refractivity (Wildman–Crippen MR) is 120 cm³/mol.